The topological polar surface area (TPSA) is 77.9 Å². The van der Waals surface area contributed by atoms with E-state index in [-0.39, 0.29) is 18.4 Å². The lowest BCUT2D eigenvalue weighted by Crippen LogP contribution is -2.26. The van der Waals surface area contributed by atoms with E-state index >= 15 is 0 Å². The van der Waals surface area contributed by atoms with Crippen LogP contribution in [0.4, 0.5) is 10.2 Å². The lowest BCUT2D eigenvalue weighted by atomic mass is 9.97. The van der Waals surface area contributed by atoms with Crippen molar-refractivity contribution in [2.45, 2.75) is 40.5 Å². The number of hydrogen-bond acceptors (Lipinski definition) is 5. The van der Waals surface area contributed by atoms with Crippen molar-refractivity contribution >= 4 is 18.1 Å². The SMILES string of the molecule is Cc1[nH]c2c(c1COC(=O)C(C)(C)C)C(O)N(C#Cc1ccc(F)cc1)C=N2. The monoisotopic (exact) mass is 383 g/mol. The third-order valence-corrected chi connectivity index (χ3v) is 4.31. The van der Waals surface area contributed by atoms with Gasteiger partial charge in [0.2, 0.25) is 0 Å². The minimum atomic E-state index is -1.08. The molecule has 0 fully saturated rings. The van der Waals surface area contributed by atoms with Crippen molar-refractivity contribution in [1.82, 2.24) is 9.88 Å². The molecule has 1 aromatic carbocycles. The average molecular weight is 383 g/mol. The smallest absolute Gasteiger partial charge is 0.311 e. The number of carbonyl (C=O) groups excluding carboxylic acids is 1. The van der Waals surface area contributed by atoms with Gasteiger partial charge in [0.25, 0.3) is 0 Å². The van der Waals surface area contributed by atoms with E-state index < -0.39 is 11.6 Å². The van der Waals surface area contributed by atoms with Crippen molar-refractivity contribution in [3.05, 3.63) is 52.5 Å². The number of esters is 1. The second-order valence-corrected chi connectivity index (χ2v) is 7.59. The number of aromatic amines is 1. The van der Waals surface area contributed by atoms with Gasteiger partial charge in [0.15, 0.2) is 6.23 Å². The van der Waals surface area contributed by atoms with Gasteiger partial charge in [-0.1, -0.05) is 0 Å². The summed E-state index contributed by atoms with van der Waals surface area (Å²) in [6, 6.07) is 8.56. The van der Waals surface area contributed by atoms with Crippen LogP contribution in [0, 0.1) is 30.1 Å². The Hall–Kier alpha value is -3.11. The van der Waals surface area contributed by atoms with Crippen LogP contribution in [0.1, 0.15) is 49.4 Å². The molecule has 0 saturated carbocycles. The number of nitrogens with zero attached hydrogens (tertiary/aromatic N) is 2. The number of aromatic nitrogens is 1. The molecule has 28 heavy (non-hydrogen) atoms. The molecule has 1 aliphatic rings. The highest BCUT2D eigenvalue weighted by molar-refractivity contribution is 5.75. The molecule has 0 aliphatic carbocycles. The average Bonchev–Trinajstić information content (AvgIpc) is 2.95. The molecular formula is C21H22FN3O3. The van der Waals surface area contributed by atoms with Crippen LogP contribution < -0.4 is 0 Å². The second-order valence-electron chi connectivity index (χ2n) is 7.59. The standard InChI is InChI=1S/C21H22FN3O3/c1-13-16(11-28-20(27)21(2,3)4)17-18(24-13)23-12-25(19(17)26)10-9-14-5-7-15(22)8-6-14/h5-8,12,19,24,26H,11H2,1-4H3. The molecule has 0 amide bonds. The molecule has 146 valence electrons. The summed E-state index contributed by atoms with van der Waals surface area (Å²) < 4.78 is 18.4. The summed E-state index contributed by atoms with van der Waals surface area (Å²) in [7, 11) is 0. The Morgan fingerprint density at radius 2 is 2.04 bits per heavy atom. The predicted octanol–water partition coefficient (Wildman–Crippen LogP) is 3.53. The first-order chi connectivity index (χ1) is 13.2. The highest BCUT2D eigenvalue weighted by Gasteiger charge is 2.30. The second kappa shape index (κ2) is 7.49. The summed E-state index contributed by atoms with van der Waals surface area (Å²) in [6.07, 6.45) is 0.346. The van der Waals surface area contributed by atoms with Crippen LogP contribution in [-0.2, 0) is 16.1 Å². The third kappa shape index (κ3) is 4.07. The van der Waals surface area contributed by atoms with Crippen LogP contribution in [0.2, 0.25) is 0 Å². The number of benzene rings is 1. The van der Waals surface area contributed by atoms with Crippen molar-refractivity contribution in [3.63, 3.8) is 0 Å². The maximum absolute atomic E-state index is 13.0. The molecule has 1 unspecified atom stereocenters. The summed E-state index contributed by atoms with van der Waals surface area (Å²) in [4.78, 5) is 20.8. The quantitative estimate of drug-likeness (QED) is 0.614. The number of aryl methyl sites for hydroxylation is 1. The van der Waals surface area contributed by atoms with Crippen molar-refractivity contribution in [2.24, 2.45) is 10.4 Å². The highest BCUT2D eigenvalue weighted by Crippen LogP contribution is 2.36. The Kier molecular flexibility index (Phi) is 5.25. The van der Waals surface area contributed by atoms with Crippen LogP contribution in [0.25, 0.3) is 0 Å². The summed E-state index contributed by atoms with van der Waals surface area (Å²) in [5, 5.41) is 10.8. The van der Waals surface area contributed by atoms with Crippen molar-refractivity contribution in [3.8, 4) is 12.0 Å². The number of aliphatic hydroxyl groups excluding tert-OH is 1. The molecule has 3 rings (SSSR count). The lowest BCUT2D eigenvalue weighted by molar-refractivity contribution is -0.154. The van der Waals surface area contributed by atoms with Gasteiger partial charge in [-0.2, -0.15) is 0 Å². The van der Waals surface area contributed by atoms with Crippen LogP contribution in [-0.4, -0.2) is 27.3 Å². The largest absolute Gasteiger partial charge is 0.460 e. The van der Waals surface area contributed by atoms with Gasteiger partial charge in [-0.15, -0.1) is 0 Å². The molecule has 0 radical (unpaired) electrons. The Morgan fingerprint density at radius 3 is 2.68 bits per heavy atom. The van der Waals surface area contributed by atoms with Gasteiger partial charge in [0, 0.05) is 22.9 Å². The summed E-state index contributed by atoms with van der Waals surface area (Å²) >= 11 is 0. The number of ether oxygens (including phenoxy) is 1. The summed E-state index contributed by atoms with van der Waals surface area (Å²) in [5.74, 6) is 2.70. The molecule has 2 N–H and O–H groups in total. The van der Waals surface area contributed by atoms with Gasteiger partial charge in [-0.3, -0.25) is 9.69 Å². The van der Waals surface area contributed by atoms with Crippen LogP contribution in [0.5, 0.6) is 0 Å². The van der Waals surface area contributed by atoms with Gasteiger partial charge in [-0.25, -0.2) is 9.38 Å². The fraction of sp³-hybridized carbons (Fsp3) is 0.333. The predicted molar refractivity (Wildman–Crippen MR) is 103 cm³/mol. The van der Waals surface area contributed by atoms with E-state index in [1.165, 1.54) is 23.4 Å². The Labute approximate surface area is 163 Å². The molecular weight excluding hydrogens is 361 g/mol. The first-order valence-electron chi connectivity index (χ1n) is 8.83. The zero-order valence-electron chi connectivity index (χ0n) is 16.2. The van der Waals surface area contributed by atoms with Gasteiger partial charge < -0.3 is 14.8 Å². The number of aliphatic imine (C=N–C) groups is 1. The Balaban J connectivity index is 1.82. The van der Waals surface area contributed by atoms with E-state index in [9.17, 15) is 14.3 Å². The number of aliphatic hydroxyl groups is 1. The van der Waals surface area contributed by atoms with E-state index in [2.05, 4.69) is 21.9 Å². The maximum atomic E-state index is 13.0. The molecule has 0 bridgehead atoms. The number of carbonyl (C=O) groups is 1. The minimum absolute atomic E-state index is 0.0274. The normalized spacial score (nSPS) is 15.6. The van der Waals surface area contributed by atoms with E-state index in [0.717, 1.165) is 5.69 Å². The summed E-state index contributed by atoms with van der Waals surface area (Å²) in [5.41, 5.74) is 1.95. The first-order valence-corrected chi connectivity index (χ1v) is 8.83. The fourth-order valence-corrected chi connectivity index (χ4v) is 2.66. The molecule has 6 nitrogen and oxygen atoms in total. The molecule has 2 heterocycles. The zero-order chi connectivity index (χ0) is 20.5. The number of fused-ring (bicyclic) bond motifs is 1. The minimum Gasteiger partial charge on any atom is -0.460 e. The van der Waals surface area contributed by atoms with Crippen molar-refractivity contribution in [1.29, 1.82) is 0 Å². The molecule has 2 aromatic rings. The fourth-order valence-electron chi connectivity index (χ4n) is 2.66. The highest BCUT2D eigenvalue weighted by atomic mass is 19.1. The maximum Gasteiger partial charge on any atom is 0.311 e. The van der Waals surface area contributed by atoms with Gasteiger partial charge >= 0.3 is 5.97 Å². The van der Waals surface area contributed by atoms with Crippen molar-refractivity contribution < 1.29 is 19.0 Å². The first kappa shape index (κ1) is 19.6. The van der Waals surface area contributed by atoms with Crippen LogP contribution in [0.3, 0.4) is 0 Å². The van der Waals surface area contributed by atoms with Gasteiger partial charge in [-0.05, 0) is 57.9 Å². The number of H-pyrrole nitrogens is 1. The van der Waals surface area contributed by atoms with Gasteiger partial charge in [0.1, 0.15) is 24.6 Å². The Bertz CT molecular complexity index is 975. The summed E-state index contributed by atoms with van der Waals surface area (Å²) in [6.45, 7) is 7.19. The zero-order valence-corrected chi connectivity index (χ0v) is 16.2. The van der Waals surface area contributed by atoms with Crippen LogP contribution in [0.15, 0.2) is 29.3 Å². The number of rotatable bonds is 2. The molecule has 1 aliphatic heterocycles. The molecule has 1 aromatic heterocycles. The molecule has 7 heteroatoms. The lowest BCUT2D eigenvalue weighted by Gasteiger charge is -2.24. The van der Waals surface area contributed by atoms with Gasteiger partial charge in [0.05, 0.1) is 11.0 Å². The molecule has 0 spiro atoms. The number of nitrogens with one attached hydrogen (secondary N) is 1. The van der Waals surface area contributed by atoms with E-state index in [0.29, 0.717) is 22.5 Å². The number of halogens is 1. The van der Waals surface area contributed by atoms with E-state index in [4.69, 9.17) is 4.74 Å². The van der Waals surface area contributed by atoms with E-state index in [1.54, 1.807) is 32.9 Å². The molecule has 0 saturated heterocycles. The third-order valence-electron chi connectivity index (χ3n) is 4.31. The van der Waals surface area contributed by atoms with Crippen LogP contribution >= 0.6 is 0 Å². The number of hydrogen-bond donors (Lipinski definition) is 2. The Morgan fingerprint density at radius 1 is 1.36 bits per heavy atom. The van der Waals surface area contributed by atoms with E-state index in [1.807, 2.05) is 6.92 Å². The molecule has 1 atom stereocenters. The van der Waals surface area contributed by atoms with Crippen molar-refractivity contribution in [2.75, 3.05) is 0 Å².